The number of benzene rings is 9. The molecule has 1 aliphatic rings. The largest absolute Gasteiger partial charge is 0.310 e. The number of anilines is 3. The molecule has 0 radical (unpaired) electrons. The van der Waals surface area contributed by atoms with Crippen molar-refractivity contribution in [3.8, 4) is 39.1 Å². The number of hydrogen-bond acceptors (Lipinski definition) is 1. The van der Waals surface area contributed by atoms with Crippen molar-refractivity contribution in [1.82, 2.24) is 4.57 Å². The third-order valence-corrected chi connectivity index (χ3v) is 12.2. The van der Waals surface area contributed by atoms with Gasteiger partial charge in [-0.1, -0.05) is 172 Å². The molecule has 0 saturated carbocycles. The molecule has 0 saturated heterocycles. The Balaban J connectivity index is 1.16. The molecule has 0 N–H and O–H groups in total. The molecule has 0 unspecified atom stereocenters. The van der Waals surface area contributed by atoms with Gasteiger partial charge in [0.15, 0.2) is 0 Å². The maximum Gasteiger partial charge on any atom is 0.0561 e. The summed E-state index contributed by atoms with van der Waals surface area (Å²) in [7, 11) is 0. The highest BCUT2D eigenvalue weighted by molar-refractivity contribution is 6.12. The Labute approximate surface area is 333 Å². The molecular weight excluding hydrogens is 689 g/mol. The van der Waals surface area contributed by atoms with E-state index < -0.39 is 0 Å². The average molecular weight is 729 g/mol. The normalized spacial score (nSPS) is 12.9. The van der Waals surface area contributed by atoms with Crippen LogP contribution in [0.4, 0.5) is 17.1 Å². The topological polar surface area (TPSA) is 8.17 Å². The summed E-state index contributed by atoms with van der Waals surface area (Å²) in [5.41, 5.74) is 17.0. The van der Waals surface area contributed by atoms with Gasteiger partial charge in [0.05, 0.1) is 16.7 Å². The molecule has 0 fully saturated rings. The third kappa shape index (κ3) is 5.25. The Kier molecular flexibility index (Phi) is 7.55. The summed E-state index contributed by atoms with van der Waals surface area (Å²) in [6.07, 6.45) is 0. The van der Waals surface area contributed by atoms with Crippen LogP contribution in [0, 0.1) is 0 Å². The Morgan fingerprint density at radius 1 is 0.386 bits per heavy atom. The van der Waals surface area contributed by atoms with E-state index in [-0.39, 0.29) is 5.41 Å². The van der Waals surface area contributed by atoms with Crippen LogP contribution in [0.2, 0.25) is 0 Å². The molecule has 1 aromatic heterocycles. The van der Waals surface area contributed by atoms with Gasteiger partial charge in [0.1, 0.15) is 0 Å². The molecule has 270 valence electrons. The Hall–Kier alpha value is -7.16. The van der Waals surface area contributed by atoms with Gasteiger partial charge in [-0.3, -0.25) is 0 Å². The number of hydrogen-bond donors (Lipinski definition) is 0. The lowest BCUT2D eigenvalue weighted by Crippen LogP contribution is -2.17. The molecule has 9 aromatic carbocycles. The van der Waals surface area contributed by atoms with Crippen molar-refractivity contribution in [3.63, 3.8) is 0 Å². The molecular formula is C55H40N2. The molecule has 2 nitrogen and oxygen atoms in total. The van der Waals surface area contributed by atoms with Gasteiger partial charge in [-0.25, -0.2) is 0 Å². The van der Waals surface area contributed by atoms with Crippen molar-refractivity contribution in [2.75, 3.05) is 4.90 Å². The van der Waals surface area contributed by atoms with Crippen LogP contribution < -0.4 is 4.90 Å². The zero-order valence-electron chi connectivity index (χ0n) is 32.0. The summed E-state index contributed by atoms with van der Waals surface area (Å²) in [4.78, 5) is 2.48. The van der Waals surface area contributed by atoms with Crippen LogP contribution in [0.5, 0.6) is 0 Å². The van der Waals surface area contributed by atoms with Crippen LogP contribution in [0.15, 0.2) is 206 Å². The summed E-state index contributed by atoms with van der Waals surface area (Å²) in [5, 5.41) is 4.99. The van der Waals surface area contributed by atoms with Gasteiger partial charge in [-0.05, 0) is 98.4 Å². The SMILES string of the molecule is CC1(C)c2ccccc2-c2c1cc(N(c1ccc(-c3ccccc3)cc1)c1ccc3c4ccccc4n(-c4ccc(-c5ccccc5)cc4)c3c1)c1ccccc21. The van der Waals surface area contributed by atoms with Crippen LogP contribution in [-0.2, 0) is 5.41 Å². The second-order valence-corrected chi connectivity index (χ2v) is 15.7. The second-order valence-electron chi connectivity index (χ2n) is 15.7. The van der Waals surface area contributed by atoms with Gasteiger partial charge in [0, 0.05) is 38.6 Å². The second kappa shape index (κ2) is 13.0. The minimum absolute atomic E-state index is 0.157. The summed E-state index contributed by atoms with van der Waals surface area (Å²) in [6.45, 7) is 4.76. The van der Waals surface area contributed by atoms with Gasteiger partial charge >= 0.3 is 0 Å². The molecule has 0 bridgehead atoms. The van der Waals surface area contributed by atoms with E-state index in [4.69, 9.17) is 0 Å². The third-order valence-electron chi connectivity index (χ3n) is 12.2. The number of aromatic nitrogens is 1. The van der Waals surface area contributed by atoms with Gasteiger partial charge in [-0.15, -0.1) is 0 Å². The summed E-state index contributed by atoms with van der Waals surface area (Å²) in [6, 6.07) is 75.6. The molecule has 2 heteroatoms. The van der Waals surface area contributed by atoms with Gasteiger partial charge < -0.3 is 9.47 Å². The Morgan fingerprint density at radius 2 is 0.912 bits per heavy atom. The van der Waals surface area contributed by atoms with Crippen LogP contribution in [-0.4, -0.2) is 4.57 Å². The van der Waals surface area contributed by atoms with E-state index in [0.29, 0.717) is 0 Å². The maximum absolute atomic E-state index is 2.48. The smallest absolute Gasteiger partial charge is 0.0561 e. The first-order chi connectivity index (χ1) is 28.0. The molecule has 0 atom stereocenters. The fourth-order valence-corrected chi connectivity index (χ4v) is 9.39. The van der Waals surface area contributed by atoms with E-state index in [0.717, 1.165) is 17.1 Å². The standard InChI is InChI=1S/C55H40N2/c1-55(2)49-23-13-11-22-48(49)54-47-21-10-9-20-45(47)53(36-50(54)55)56(41-29-25-39(26-30-41)37-15-5-3-6-16-37)43-33-34-46-44-19-12-14-24-51(44)57(52(46)35-43)42-31-27-40(28-32-42)38-17-7-4-8-18-38/h3-36H,1-2H3. The molecule has 10 aromatic rings. The summed E-state index contributed by atoms with van der Waals surface area (Å²) in [5.74, 6) is 0. The Morgan fingerprint density at radius 3 is 1.61 bits per heavy atom. The van der Waals surface area contributed by atoms with Crippen LogP contribution >= 0.6 is 0 Å². The molecule has 57 heavy (non-hydrogen) atoms. The van der Waals surface area contributed by atoms with Crippen molar-refractivity contribution in [3.05, 3.63) is 217 Å². The van der Waals surface area contributed by atoms with E-state index in [1.807, 2.05) is 0 Å². The highest BCUT2D eigenvalue weighted by Gasteiger charge is 2.37. The molecule has 0 spiro atoms. The van der Waals surface area contributed by atoms with Crippen molar-refractivity contribution >= 4 is 49.6 Å². The minimum Gasteiger partial charge on any atom is -0.310 e. The van der Waals surface area contributed by atoms with Crippen LogP contribution in [0.3, 0.4) is 0 Å². The highest BCUT2D eigenvalue weighted by atomic mass is 15.1. The van der Waals surface area contributed by atoms with Crippen molar-refractivity contribution in [2.45, 2.75) is 19.3 Å². The summed E-state index contributed by atoms with van der Waals surface area (Å²) >= 11 is 0. The maximum atomic E-state index is 2.48. The molecule has 1 aliphatic carbocycles. The zero-order chi connectivity index (χ0) is 38.1. The first-order valence-electron chi connectivity index (χ1n) is 19.9. The fraction of sp³-hybridized carbons (Fsp3) is 0.0545. The van der Waals surface area contributed by atoms with E-state index in [1.165, 1.54) is 82.8 Å². The fourth-order valence-electron chi connectivity index (χ4n) is 9.39. The predicted molar refractivity (Wildman–Crippen MR) is 241 cm³/mol. The summed E-state index contributed by atoms with van der Waals surface area (Å²) < 4.78 is 2.43. The number of rotatable bonds is 6. The van der Waals surface area contributed by atoms with Crippen LogP contribution in [0.25, 0.3) is 71.6 Å². The van der Waals surface area contributed by atoms with E-state index >= 15 is 0 Å². The van der Waals surface area contributed by atoms with E-state index in [1.54, 1.807) is 0 Å². The Bertz CT molecular complexity index is 3120. The van der Waals surface area contributed by atoms with E-state index in [9.17, 15) is 0 Å². The van der Waals surface area contributed by atoms with Crippen molar-refractivity contribution in [2.24, 2.45) is 0 Å². The highest BCUT2D eigenvalue weighted by Crippen LogP contribution is 2.54. The zero-order valence-corrected chi connectivity index (χ0v) is 32.0. The lowest BCUT2D eigenvalue weighted by molar-refractivity contribution is 0.661. The quantitative estimate of drug-likeness (QED) is 0.165. The average Bonchev–Trinajstić information content (AvgIpc) is 3.72. The van der Waals surface area contributed by atoms with Gasteiger partial charge in [0.25, 0.3) is 0 Å². The van der Waals surface area contributed by atoms with Crippen LogP contribution in [0.1, 0.15) is 25.0 Å². The lowest BCUT2D eigenvalue weighted by Gasteiger charge is -2.30. The number of para-hydroxylation sites is 1. The van der Waals surface area contributed by atoms with Crippen molar-refractivity contribution < 1.29 is 0 Å². The number of fused-ring (bicyclic) bond motifs is 8. The van der Waals surface area contributed by atoms with Gasteiger partial charge in [0.2, 0.25) is 0 Å². The van der Waals surface area contributed by atoms with Crippen molar-refractivity contribution in [1.29, 1.82) is 0 Å². The minimum atomic E-state index is -0.157. The number of nitrogens with zero attached hydrogens (tertiary/aromatic N) is 2. The first-order valence-corrected chi connectivity index (χ1v) is 19.9. The van der Waals surface area contributed by atoms with Gasteiger partial charge in [-0.2, -0.15) is 0 Å². The first kappa shape index (κ1) is 33.2. The van der Waals surface area contributed by atoms with E-state index in [2.05, 4.69) is 230 Å². The molecule has 0 amide bonds. The molecule has 1 heterocycles. The molecule has 0 aliphatic heterocycles. The lowest BCUT2D eigenvalue weighted by atomic mass is 9.81. The predicted octanol–water partition coefficient (Wildman–Crippen LogP) is 15.0. The molecule has 11 rings (SSSR count). The monoisotopic (exact) mass is 728 g/mol.